The van der Waals surface area contributed by atoms with Gasteiger partial charge in [-0.05, 0) is 31.0 Å². The Morgan fingerprint density at radius 1 is 1.19 bits per heavy atom. The molecule has 0 saturated heterocycles. The number of carbonyl (C=O) groups excluding carboxylic acids is 1. The SMILES string of the molecule is Cc1ccc(C(=O)Cn2cnc3c(N)ncnc32)cc1C. The van der Waals surface area contributed by atoms with Gasteiger partial charge >= 0.3 is 0 Å². The van der Waals surface area contributed by atoms with Gasteiger partial charge < -0.3 is 10.3 Å². The molecule has 0 aliphatic heterocycles. The lowest BCUT2D eigenvalue weighted by Crippen LogP contribution is -2.10. The van der Waals surface area contributed by atoms with Gasteiger partial charge in [-0.3, -0.25) is 4.79 Å². The lowest BCUT2D eigenvalue weighted by molar-refractivity contribution is 0.0973. The number of imidazole rings is 1. The van der Waals surface area contributed by atoms with Crippen LogP contribution in [-0.2, 0) is 6.54 Å². The molecule has 0 saturated carbocycles. The van der Waals surface area contributed by atoms with Gasteiger partial charge in [0.1, 0.15) is 11.8 Å². The molecule has 2 heterocycles. The molecule has 3 aromatic rings. The summed E-state index contributed by atoms with van der Waals surface area (Å²) in [4.78, 5) is 24.6. The highest BCUT2D eigenvalue weighted by Gasteiger charge is 2.12. The minimum Gasteiger partial charge on any atom is -0.382 e. The molecule has 106 valence electrons. The average molecular weight is 281 g/mol. The number of aryl methyl sites for hydroxylation is 2. The average Bonchev–Trinajstić information content (AvgIpc) is 2.86. The number of nitrogens with two attached hydrogens (primary N) is 1. The quantitative estimate of drug-likeness (QED) is 0.741. The van der Waals surface area contributed by atoms with Gasteiger partial charge in [0.25, 0.3) is 0 Å². The van der Waals surface area contributed by atoms with E-state index >= 15 is 0 Å². The molecule has 0 aliphatic carbocycles. The summed E-state index contributed by atoms with van der Waals surface area (Å²) in [6.45, 7) is 4.19. The lowest BCUT2D eigenvalue weighted by atomic mass is 10.0. The van der Waals surface area contributed by atoms with Crippen LogP contribution in [0.5, 0.6) is 0 Å². The van der Waals surface area contributed by atoms with Crippen LogP contribution in [0.4, 0.5) is 5.82 Å². The number of fused-ring (bicyclic) bond motifs is 1. The van der Waals surface area contributed by atoms with E-state index < -0.39 is 0 Å². The van der Waals surface area contributed by atoms with Gasteiger partial charge in [-0.2, -0.15) is 0 Å². The number of anilines is 1. The lowest BCUT2D eigenvalue weighted by Gasteiger charge is -2.06. The molecular formula is C15H15N5O. The van der Waals surface area contributed by atoms with Crippen molar-refractivity contribution in [2.45, 2.75) is 20.4 Å². The van der Waals surface area contributed by atoms with Crippen LogP contribution in [0.1, 0.15) is 21.5 Å². The summed E-state index contributed by atoms with van der Waals surface area (Å²) in [6.07, 6.45) is 2.94. The number of rotatable bonds is 3. The molecule has 0 aliphatic rings. The second-order valence-corrected chi connectivity index (χ2v) is 5.03. The number of hydrogen-bond acceptors (Lipinski definition) is 5. The first-order chi connectivity index (χ1) is 10.1. The van der Waals surface area contributed by atoms with Crippen LogP contribution >= 0.6 is 0 Å². The fraction of sp³-hybridized carbons (Fsp3) is 0.200. The summed E-state index contributed by atoms with van der Waals surface area (Å²) in [5.74, 6) is 0.326. The maximum Gasteiger partial charge on any atom is 0.182 e. The fourth-order valence-corrected chi connectivity index (χ4v) is 2.18. The van der Waals surface area contributed by atoms with Crippen molar-refractivity contribution in [3.05, 3.63) is 47.5 Å². The number of ketones is 1. The van der Waals surface area contributed by atoms with Gasteiger partial charge in [-0.1, -0.05) is 12.1 Å². The van der Waals surface area contributed by atoms with Crippen LogP contribution in [0.15, 0.2) is 30.9 Å². The van der Waals surface area contributed by atoms with Crippen LogP contribution in [-0.4, -0.2) is 25.3 Å². The zero-order valence-electron chi connectivity index (χ0n) is 11.9. The molecule has 0 amide bonds. The second kappa shape index (κ2) is 4.97. The molecule has 21 heavy (non-hydrogen) atoms. The van der Waals surface area contributed by atoms with Crippen LogP contribution in [0.2, 0.25) is 0 Å². The Hall–Kier alpha value is -2.76. The third-order valence-corrected chi connectivity index (χ3v) is 3.57. The van der Waals surface area contributed by atoms with Crippen LogP contribution < -0.4 is 5.73 Å². The van der Waals surface area contributed by atoms with E-state index in [9.17, 15) is 4.79 Å². The molecule has 6 nitrogen and oxygen atoms in total. The van der Waals surface area contributed by atoms with E-state index in [0.717, 1.165) is 5.56 Å². The van der Waals surface area contributed by atoms with E-state index in [2.05, 4.69) is 15.0 Å². The van der Waals surface area contributed by atoms with Crippen molar-refractivity contribution < 1.29 is 4.79 Å². The summed E-state index contributed by atoms with van der Waals surface area (Å²) >= 11 is 0. The third kappa shape index (κ3) is 2.35. The smallest absolute Gasteiger partial charge is 0.182 e. The van der Waals surface area contributed by atoms with Crippen molar-refractivity contribution in [1.29, 1.82) is 0 Å². The predicted octanol–water partition coefficient (Wildman–Crippen LogP) is 1.91. The number of carbonyl (C=O) groups is 1. The molecular weight excluding hydrogens is 266 g/mol. The van der Waals surface area contributed by atoms with Crippen molar-refractivity contribution in [3.8, 4) is 0 Å². The normalized spacial score (nSPS) is 11.0. The molecule has 0 radical (unpaired) electrons. The Bertz CT molecular complexity index is 837. The Balaban J connectivity index is 1.93. The van der Waals surface area contributed by atoms with Crippen molar-refractivity contribution in [3.63, 3.8) is 0 Å². The highest BCUT2D eigenvalue weighted by Crippen LogP contribution is 2.16. The van der Waals surface area contributed by atoms with E-state index in [1.807, 2.05) is 32.0 Å². The van der Waals surface area contributed by atoms with E-state index in [-0.39, 0.29) is 12.3 Å². The van der Waals surface area contributed by atoms with Crippen molar-refractivity contribution in [1.82, 2.24) is 19.5 Å². The van der Waals surface area contributed by atoms with E-state index in [1.165, 1.54) is 11.9 Å². The van der Waals surface area contributed by atoms with Crippen LogP contribution in [0.25, 0.3) is 11.2 Å². The molecule has 0 spiro atoms. The van der Waals surface area contributed by atoms with Crippen LogP contribution in [0, 0.1) is 13.8 Å². The third-order valence-electron chi connectivity index (χ3n) is 3.57. The van der Waals surface area contributed by atoms with E-state index in [0.29, 0.717) is 22.5 Å². The molecule has 6 heteroatoms. The number of hydrogen-bond donors (Lipinski definition) is 1. The number of Topliss-reactive ketones (excluding diaryl/α,β-unsaturated/α-hetero) is 1. The molecule has 3 rings (SSSR count). The summed E-state index contributed by atoms with van der Waals surface area (Å²) in [5, 5.41) is 0. The minimum atomic E-state index is 0.00887. The summed E-state index contributed by atoms with van der Waals surface area (Å²) in [5.41, 5.74) is 9.77. The molecule has 2 aromatic heterocycles. The van der Waals surface area contributed by atoms with Crippen molar-refractivity contribution in [2.75, 3.05) is 5.73 Å². The minimum absolute atomic E-state index is 0.00887. The number of benzene rings is 1. The Morgan fingerprint density at radius 3 is 2.76 bits per heavy atom. The highest BCUT2D eigenvalue weighted by atomic mass is 16.1. The zero-order valence-corrected chi connectivity index (χ0v) is 11.9. The summed E-state index contributed by atoms with van der Waals surface area (Å²) in [6, 6.07) is 5.70. The Morgan fingerprint density at radius 2 is 2.00 bits per heavy atom. The van der Waals surface area contributed by atoms with Crippen LogP contribution in [0.3, 0.4) is 0 Å². The van der Waals surface area contributed by atoms with Gasteiger partial charge in [0.2, 0.25) is 0 Å². The van der Waals surface area contributed by atoms with Gasteiger partial charge in [-0.25, -0.2) is 15.0 Å². The van der Waals surface area contributed by atoms with Crippen molar-refractivity contribution >= 4 is 22.8 Å². The summed E-state index contributed by atoms with van der Waals surface area (Å²) in [7, 11) is 0. The number of nitrogens with zero attached hydrogens (tertiary/aromatic N) is 4. The maximum atomic E-state index is 12.4. The first-order valence-electron chi connectivity index (χ1n) is 6.58. The number of aromatic nitrogens is 4. The second-order valence-electron chi connectivity index (χ2n) is 5.03. The topological polar surface area (TPSA) is 86.7 Å². The molecule has 0 bridgehead atoms. The molecule has 0 atom stereocenters. The molecule has 1 aromatic carbocycles. The first-order valence-corrected chi connectivity index (χ1v) is 6.58. The van der Waals surface area contributed by atoms with Gasteiger partial charge in [0.05, 0.1) is 12.9 Å². The first kappa shape index (κ1) is 13.2. The fourth-order valence-electron chi connectivity index (χ4n) is 2.18. The van der Waals surface area contributed by atoms with Gasteiger partial charge in [-0.15, -0.1) is 0 Å². The van der Waals surface area contributed by atoms with E-state index in [4.69, 9.17) is 5.73 Å². The largest absolute Gasteiger partial charge is 0.382 e. The highest BCUT2D eigenvalue weighted by molar-refractivity contribution is 5.97. The Kier molecular flexibility index (Phi) is 3.13. The molecule has 0 unspecified atom stereocenters. The van der Waals surface area contributed by atoms with Crippen molar-refractivity contribution in [2.24, 2.45) is 0 Å². The van der Waals surface area contributed by atoms with Gasteiger partial charge in [0, 0.05) is 5.56 Å². The molecule has 2 N–H and O–H groups in total. The number of nitrogen functional groups attached to an aromatic ring is 1. The maximum absolute atomic E-state index is 12.4. The Labute approximate surface area is 121 Å². The summed E-state index contributed by atoms with van der Waals surface area (Å²) < 4.78 is 1.69. The monoisotopic (exact) mass is 281 g/mol. The zero-order chi connectivity index (χ0) is 15.0. The predicted molar refractivity (Wildman–Crippen MR) is 80.0 cm³/mol. The van der Waals surface area contributed by atoms with Gasteiger partial charge in [0.15, 0.2) is 17.2 Å². The van der Waals surface area contributed by atoms with E-state index in [1.54, 1.807) is 10.9 Å². The standard InChI is InChI=1S/C15H15N5O/c1-9-3-4-11(5-10(9)2)12(21)6-20-8-19-13-14(16)17-7-18-15(13)20/h3-5,7-8H,6H2,1-2H3,(H2,16,17,18). The molecule has 0 fully saturated rings.